The van der Waals surface area contributed by atoms with Crippen molar-refractivity contribution in [3.8, 4) is 5.88 Å². The fraction of sp³-hybridized carbons (Fsp3) is 0.733. The molecule has 0 aromatic carbocycles. The molecule has 0 spiro atoms. The zero-order valence-corrected chi connectivity index (χ0v) is 12.5. The number of H-pyrrole nitrogens is 1. The van der Waals surface area contributed by atoms with E-state index in [0.29, 0.717) is 12.1 Å². The first-order chi connectivity index (χ1) is 9.40. The summed E-state index contributed by atoms with van der Waals surface area (Å²) in [7, 11) is 0. The first-order valence-corrected chi connectivity index (χ1v) is 7.46. The van der Waals surface area contributed by atoms with E-state index < -0.39 is 11.2 Å². The summed E-state index contributed by atoms with van der Waals surface area (Å²) in [6.45, 7) is 6.29. The van der Waals surface area contributed by atoms with Crippen molar-refractivity contribution in [3.05, 3.63) is 26.4 Å². The Bertz CT molecular complexity index is 592. The molecular formula is C15H24N2O3. The Morgan fingerprint density at radius 2 is 1.90 bits per heavy atom. The van der Waals surface area contributed by atoms with Gasteiger partial charge in [-0.05, 0) is 30.6 Å². The number of nitrogens with zero attached hydrogens (tertiary/aromatic N) is 1. The summed E-state index contributed by atoms with van der Waals surface area (Å²) < 4.78 is 1.35. The molecule has 1 aromatic rings. The highest BCUT2D eigenvalue weighted by atomic mass is 16.3. The number of aromatic amines is 1. The molecule has 112 valence electrons. The average molecular weight is 280 g/mol. The molecule has 0 unspecified atom stereocenters. The van der Waals surface area contributed by atoms with Gasteiger partial charge in [-0.15, -0.1) is 0 Å². The maximum absolute atomic E-state index is 12.0. The number of hydrogen-bond donors (Lipinski definition) is 2. The van der Waals surface area contributed by atoms with Gasteiger partial charge in [-0.25, -0.2) is 4.79 Å². The molecule has 0 atom stereocenters. The molecule has 1 heterocycles. The van der Waals surface area contributed by atoms with E-state index in [9.17, 15) is 14.7 Å². The molecule has 2 N–H and O–H groups in total. The van der Waals surface area contributed by atoms with Crippen LogP contribution in [0.15, 0.2) is 9.59 Å². The Hall–Kier alpha value is -1.52. The van der Waals surface area contributed by atoms with Crippen LogP contribution >= 0.6 is 0 Å². The normalized spacial score (nSPS) is 17.8. The Balaban J connectivity index is 2.49. The zero-order valence-electron chi connectivity index (χ0n) is 12.5. The van der Waals surface area contributed by atoms with E-state index in [2.05, 4.69) is 11.9 Å². The first kappa shape index (κ1) is 14.9. The van der Waals surface area contributed by atoms with Crippen LogP contribution in [-0.4, -0.2) is 14.7 Å². The van der Waals surface area contributed by atoms with Crippen LogP contribution < -0.4 is 11.2 Å². The Morgan fingerprint density at radius 1 is 1.30 bits per heavy atom. The Morgan fingerprint density at radius 3 is 2.40 bits per heavy atom. The molecule has 1 fully saturated rings. The highest BCUT2D eigenvalue weighted by Gasteiger charge is 2.34. The van der Waals surface area contributed by atoms with Crippen molar-refractivity contribution in [2.24, 2.45) is 5.41 Å². The third-order valence-electron chi connectivity index (χ3n) is 4.69. The lowest BCUT2D eigenvalue weighted by molar-refractivity contribution is 0.218. The van der Waals surface area contributed by atoms with Gasteiger partial charge in [0.15, 0.2) is 0 Å². The number of rotatable bonds is 4. The molecule has 5 nitrogen and oxygen atoms in total. The third kappa shape index (κ3) is 2.53. The second-order valence-electron chi connectivity index (χ2n) is 6.30. The van der Waals surface area contributed by atoms with E-state index in [0.717, 1.165) is 19.3 Å². The van der Waals surface area contributed by atoms with Gasteiger partial charge in [0.25, 0.3) is 5.56 Å². The smallest absolute Gasteiger partial charge is 0.331 e. The summed E-state index contributed by atoms with van der Waals surface area (Å²) in [5.74, 6) is -0.278. The van der Waals surface area contributed by atoms with Gasteiger partial charge in [0, 0.05) is 6.54 Å². The molecule has 0 bridgehead atoms. The number of aromatic nitrogens is 2. The maximum Gasteiger partial charge on any atom is 0.331 e. The van der Waals surface area contributed by atoms with Crippen LogP contribution in [-0.2, 0) is 6.54 Å². The van der Waals surface area contributed by atoms with Gasteiger partial charge in [0.2, 0.25) is 5.88 Å². The molecular weight excluding hydrogens is 256 g/mol. The van der Waals surface area contributed by atoms with Crippen molar-refractivity contribution < 1.29 is 5.11 Å². The molecule has 2 rings (SSSR count). The summed E-state index contributed by atoms with van der Waals surface area (Å²) in [6.07, 6.45) is 5.47. The summed E-state index contributed by atoms with van der Waals surface area (Å²) in [6, 6.07) is 0. The second kappa shape index (κ2) is 5.46. The second-order valence-corrected chi connectivity index (χ2v) is 6.30. The van der Waals surface area contributed by atoms with Crippen molar-refractivity contribution >= 4 is 0 Å². The third-order valence-corrected chi connectivity index (χ3v) is 4.69. The minimum Gasteiger partial charge on any atom is -0.494 e. The highest BCUT2D eigenvalue weighted by molar-refractivity contribution is 5.26. The standard InChI is InChI=1S/C15H24N2O3/c1-4-15(7-5-6-8-15)9-17-13(19)11(10(2)3)12(18)16-14(17)20/h10,19H,4-9H2,1-3H3,(H,16,18,20). The first-order valence-electron chi connectivity index (χ1n) is 7.46. The number of aromatic hydroxyl groups is 1. The largest absolute Gasteiger partial charge is 0.494 e. The van der Waals surface area contributed by atoms with E-state index in [1.165, 1.54) is 17.4 Å². The minimum absolute atomic E-state index is 0.0772. The highest BCUT2D eigenvalue weighted by Crippen LogP contribution is 2.42. The molecule has 1 aromatic heterocycles. The molecule has 0 amide bonds. The Kier molecular flexibility index (Phi) is 4.06. The van der Waals surface area contributed by atoms with Gasteiger partial charge in [-0.3, -0.25) is 14.3 Å². The lowest BCUT2D eigenvalue weighted by atomic mass is 9.83. The van der Waals surface area contributed by atoms with Crippen molar-refractivity contribution in [3.63, 3.8) is 0 Å². The predicted molar refractivity (Wildman–Crippen MR) is 78.3 cm³/mol. The van der Waals surface area contributed by atoms with E-state index in [1.807, 2.05) is 13.8 Å². The molecule has 20 heavy (non-hydrogen) atoms. The molecule has 1 aliphatic rings. The van der Waals surface area contributed by atoms with E-state index >= 15 is 0 Å². The lowest BCUT2D eigenvalue weighted by Crippen LogP contribution is -2.36. The summed E-state index contributed by atoms with van der Waals surface area (Å²) in [4.78, 5) is 26.2. The molecule has 5 heteroatoms. The van der Waals surface area contributed by atoms with Crippen LogP contribution in [0.25, 0.3) is 0 Å². The summed E-state index contributed by atoms with van der Waals surface area (Å²) >= 11 is 0. The quantitative estimate of drug-likeness (QED) is 0.889. The molecule has 1 saturated carbocycles. The van der Waals surface area contributed by atoms with Gasteiger partial charge in [-0.2, -0.15) is 0 Å². The van der Waals surface area contributed by atoms with Crippen LogP contribution in [0.3, 0.4) is 0 Å². The topological polar surface area (TPSA) is 75.1 Å². The summed E-state index contributed by atoms with van der Waals surface area (Å²) in [5, 5.41) is 10.3. The van der Waals surface area contributed by atoms with E-state index in [1.54, 1.807) is 0 Å². The predicted octanol–water partition coefficient (Wildman–Crippen LogP) is 2.34. The minimum atomic E-state index is -0.503. The van der Waals surface area contributed by atoms with Crippen LogP contribution in [0.5, 0.6) is 5.88 Å². The SMILES string of the molecule is CCC1(Cn2c(O)c(C(C)C)c(=O)[nH]c2=O)CCCC1. The van der Waals surface area contributed by atoms with Gasteiger partial charge in [0.1, 0.15) is 0 Å². The van der Waals surface area contributed by atoms with Gasteiger partial charge in [-0.1, -0.05) is 33.6 Å². The van der Waals surface area contributed by atoms with Gasteiger partial charge < -0.3 is 5.11 Å². The van der Waals surface area contributed by atoms with Crippen LogP contribution in [0.2, 0.25) is 0 Å². The average Bonchev–Trinajstić information content (AvgIpc) is 2.83. The van der Waals surface area contributed by atoms with Gasteiger partial charge in [0.05, 0.1) is 5.56 Å². The number of nitrogens with one attached hydrogen (secondary N) is 1. The van der Waals surface area contributed by atoms with Crippen molar-refractivity contribution in [1.29, 1.82) is 0 Å². The van der Waals surface area contributed by atoms with Gasteiger partial charge >= 0.3 is 5.69 Å². The monoisotopic (exact) mass is 280 g/mol. The lowest BCUT2D eigenvalue weighted by Gasteiger charge is -2.29. The molecule has 0 aliphatic heterocycles. The zero-order chi connectivity index (χ0) is 14.9. The Labute approximate surface area is 118 Å². The van der Waals surface area contributed by atoms with Crippen LogP contribution in [0.1, 0.15) is 64.4 Å². The van der Waals surface area contributed by atoms with E-state index in [-0.39, 0.29) is 17.2 Å². The van der Waals surface area contributed by atoms with E-state index in [4.69, 9.17) is 0 Å². The van der Waals surface area contributed by atoms with Crippen LogP contribution in [0.4, 0.5) is 0 Å². The molecule has 0 radical (unpaired) electrons. The fourth-order valence-electron chi connectivity index (χ4n) is 3.33. The molecule has 0 saturated heterocycles. The molecule has 1 aliphatic carbocycles. The van der Waals surface area contributed by atoms with Crippen LogP contribution in [0, 0.1) is 5.41 Å². The maximum atomic E-state index is 12.0. The van der Waals surface area contributed by atoms with Crippen molar-refractivity contribution in [1.82, 2.24) is 9.55 Å². The fourth-order valence-corrected chi connectivity index (χ4v) is 3.33. The number of hydrogen-bond acceptors (Lipinski definition) is 3. The summed E-state index contributed by atoms with van der Waals surface area (Å²) in [5.41, 5.74) is -0.602. The van der Waals surface area contributed by atoms with Crippen molar-refractivity contribution in [2.75, 3.05) is 0 Å². The van der Waals surface area contributed by atoms with Crippen molar-refractivity contribution in [2.45, 2.75) is 65.3 Å².